The Morgan fingerprint density at radius 1 is 1.56 bits per heavy atom. The maximum absolute atomic E-state index is 8.80. The zero-order chi connectivity index (χ0) is 11.5. The van der Waals surface area contributed by atoms with E-state index in [0.717, 1.165) is 11.2 Å². The van der Waals surface area contributed by atoms with Gasteiger partial charge in [-0.25, -0.2) is 4.52 Å². The molecule has 1 unspecified atom stereocenters. The summed E-state index contributed by atoms with van der Waals surface area (Å²) < 4.78 is 1.74. The third-order valence-corrected chi connectivity index (χ3v) is 2.43. The SMILES string of the molecule is Cc1ccn2nc(NC(C)CCO)nc2c1. The number of hydrogen-bond donors (Lipinski definition) is 2. The van der Waals surface area contributed by atoms with Gasteiger partial charge < -0.3 is 10.4 Å². The van der Waals surface area contributed by atoms with E-state index in [2.05, 4.69) is 15.4 Å². The summed E-state index contributed by atoms with van der Waals surface area (Å²) in [6.07, 6.45) is 2.58. The fourth-order valence-electron chi connectivity index (χ4n) is 1.53. The standard InChI is InChI=1S/C11H16N4O/c1-8-3-5-15-10(7-8)13-11(14-15)12-9(2)4-6-16/h3,5,7,9,16H,4,6H2,1-2H3,(H,12,14). The van der Waals surface area contributed by atoms with Crippen LogP contribution in [0.2, 0.25) is 0 Å². The number of aliphatic hydroxyl groups is 1. The van der Waals surface area contributed by atoms with Gasteiger partial charge >= 0.3 is 0 Å². The lowest BCUT2D eigenvalue weighted by molar-refractivity contribution is 0.282. The molecule has 86 valence electrons. The molecule has 2 aromatic heterocycles. The number of aryl methyl sites for hydroxylation is 1. The normalized spacial score (nSPS) is 12.9. The van der Waals surface area contributed by atoms with Crippen molar-refractivity contribution >= 4 is 11.6 Å². The number of hydrogen-bond acceptors (Lipinski definition) is 4. The third-order valence-electron chi connectivity index (χ3n) is 2.43. The molecule has 2 rings (SSSR count). The molecule has 5 heteroatoms. The summed E-state index contributed by atoms with van der Waals surface area (Å²) in [6, 6.07) is 4.14. The maximum Gasteiger partial charge on any atom is 0.243 e. The smallest absolute Gasteiger partial charge is 0.243 e. The van der Waals surface area contributed by atoms with E-state index in [-0.39, 0.29) is 12.6 Å². The number of aliphatic hydroxyl groups excluding tert-OH is 1. The maximum atomic E-state index is 8.80. The van der Waals surface area contributed by atoms with Crippen LogP contribution in [0, 0.1) is 6.92 Å². The highest BCUT2D eigenvalue weighted by molar-refractivity contribution is 5.45. The van der Waals surface area contributed by atoms with Crippen LogP contribution in [0.3, 0.4) is 0 Å². The molecule has 0 aromatic carbocycles. The number of nitrogens with zero attached hydrogens (tertiary/aromatic N) is 3. The van der Waals surface area contributed by atoms with Gasteiger partial charge in [0.2, 0.25) is 5.95 Å². The predicted octanol–water partition coefficient (Wildman–Crippen LogP) is 1.22. The van der Waals surface area contributed by atoms with Gasteiger partial charge in [0.1, 0.15) is 0 Å². The minimum Gasteiger partial charge on any atom is -0.396 e. The van der Waals surface area contributed by atoms with Crippen LogP contribution in [0.5, 0.6) is 0 Å². The Morgan fingerprint density at radius 3 is 3.12 bits per heavy atom. The Labute approximate surface area is 94.1 Å². The minimum atomic E-state index is 0.167. The van der Waals surface area contributed by atoms with E-state index >= 15 is 0 Å². The van der Waals surface area contributed by atoms with Crippen LogP contribution in [0.4, 0.5) is 5.95 Å². The molecule has 2 heterocycles. The Hall–Kier alpha value is -1.62. The summed E-state index contributed by atoms with van der Waals surface area (Å²) in [7, 11) is 0. The monoisotopic (exact) mass is 220 g/mol. The van der Waals surface area contributed by atoms with Crippen molar-refractivity contribution in [1.29, 1.82) is 0 Å². The highest BCUT2D eigenvalue weighted by atomic mass is 16.3. The highest BCUT2D eigenvalue weighted by Gasteiger charge is 2.06. The first-order valence-electron chi connectivity index (χ1n) is 5.39. The average molecular weight is 220 g/mol. The van der Waals surface area contributed by atoms with Gasteiger partial charge in [0.15, 0.2) is 5.65 Å². The largest absolute Gasteiger partial charge is 0.396 e. The fourth-order valence-corrected chi connectivity index (χ4v) is 1.53. The van der Waals surface area contributed by atoms with Crippen molar-refractivity contribution in [3.8, 4) is 0 Å². The number of nitrogens with one attached hydrogen (secondary N) is 1. The van der Waals surface area contributed by atoms with E-state index in [1.807, 2.05) is 32.2 Å². The predicted molar refractivity (Wildman–Crippen MR) is 62.5 cm³/mol. The summed E-state index contributed by atoms with van der Waals surface area (Å²) in [5, 5.41) is 16.2. The summed E-state index contributed by atoms with van der Waals surface area (Å²) in [4.78, 5) is 4.35. The van der Waals surface area contributed by atoms with Crippen LogP contribution >= 0.6 is 0 Å². The van der Waals surface area contributed by atoms with Crippen molar-refractivity contribution in [3.05, 3.63) is 23.9 Å². The Bertz CT molecular complexity index is 480. The molecule has 0 bridgehead atoms. The van der Waals surface area contributed by atoms with Crippen LogP contribution in [-0.2, 0) is 0 Å². The first kappa shape index (κ1) is 10.9. The fraction of sp³-hybridized carbons (Fsp3) is 0.455. The molecule has 0 aliphatic rings. The third kappa shape index (κ3) is 2.30. The van der Waals surface area contributed by atoms with Crippen molar-refractivity contribution in [1.82, 2.24) is 14.6 Å². The first-order valence-corrected chi connectivity index (χ1v) is 5.39. The summed E-state index contributed by atoms with van der Waals surface area (Å²) in [5.41, 5.74) is 1.99. The van der Waals surface area contributed by atoms with Crippen molar-refractivity contribution in [3.63, 3.8) is 0 Å². The summed E-state index contributed by atoms with van der Waals surface area (Å²) in [6.45, 7) is 4.18. The molecule has 16 heavy (non-hydrogen) atoms. The first-order chi connectivity index (χ1) is 7.69. The molecule has 2 aromatic rings. The molecule has 5 nitrogen and oxygen atoms in total. The number of anilines is 1. The Morgan fingerprint density at radius 2 is 2.38 bits per heavy atom. The average Bonchev–Trinajstić information content (AvgIpc) is 2.59. The van der Waals surface area contributed by atoms with Crippen molar-refractivity contribution in [2.45, 2.75) is 26.3 Å². The molecule has 1 atom stereocenters. The molecule has 2 N–H and O–H groups in total. The Balaban J connectivity index is 2.19. The molecule has 0 aliphatic heterocycles. The number of rotatable bonds is 4. The zero-order valence-corrected chi connectivity index (χ0v) is 9.51. The van der Waals surface area contributed by atoms with E-state index in [4.69, 9.17) is 5.11 Å². The lowest BCUT2D eigenvalue weighted by Crippen LogP contribution is -2.17. The van der Waals surface area contributed by atoms with Crippen LogP contribution in [-0.4, -0.2) is 32.4 Å². The minimum absolute atomic E-state index is 0.167. The lowest BCUT2D eigenvalue weighted by Gasteiger charge is -2.09. The van der Waals surface area contributed by atoms with Crippen LogP contribution in [0.15, 0.2) is 18.3 Å². The van der Waals surface area contributed by atoms with Gasteiger partial charge in [-0.2, -0.15) is 4.98 Å². The Kier molecular flexibility index (Phi) is 3.05. The molecule has 0 amide bonds. The second-order valence-corrected chi connectivity index (χ2v) is 4.00. The molecule has 0 fully saturated rings. The quantitative estimate of drug-likeness (QED) is 0.813. The topological polar surface area (TPSA) is 62.5 Å². The molecular formula is C11H16N4O. The lowest BCUT2D eigenvalue weighted by atomic mass is 10.2. The number of aromatic nitrogens is 3. The number of fused-ring (bicyclic) bond motifs is 1. The van der Waals surface area contributed by atoms with Gasteiger partial charge in [-0.1, -0.05) is 0 Å². The van der Waals surface area contributed by atoms with E-state index in [9.17, 15) is 0 Å². The highest BCUT2D eigenvalue weighted by Crippen LogP contribution is 2.09. The van der Waals surface area contributed by atoms with Gasteiger partial charge in [-0.05, 0) is 38.0 Å². The molecule has 0 spiro atoms. The van der Waals surface area contributed by atoms with Crippen molar-refractivity contribution in [2.24, 2.45) is 0 Å². The van der Waals surface area contributed by atoms with Gasteiger partial charge in [-0.3, -0.25) is 0 Å². The van der Waals surface area contributed by atoms with E-state index in [0.29, 0.717) is 12.4 Å². The molecule has 0 radical (unpaired) electrons. The van der Waals surface area contributed by atoms with Crippen LogP contribution in [0.25, 0.3) is 5.65 Å². The van der Waals surface area contributed by atoms with Crippen molar-refractivity contribution in [2.75, 3.05) is 11.9 Å². The summed E-state index contributed by atoms with van der Waals surface area (Å²) in [5.74, 6) is 0.603. The van der Waals surface area contributed by atoms with E-state index in [1.165, 1.54) is 0 Å². The second kappa shape index (κ2) is 4.49. The molecule has 0 aliphatic carbocycles. The van der Waals surface area contributed by atoms with Crippen LogP contribution in [0.1, 0.15) is 18.9 Å². The van der Waals surface area contributed by atoms with Crippen LogP contribution < -0.4 is 5.32 Å². The molecular weight excluding hydrogens is 204 g/mol. The van der Waals surface area contributed by atoms with E-state index in [1.54, 1.807) is 4.52 Å². The van der Waals surface area contributed by atoms with E-state index < -0.39 is 0 Å². The second-order valence-electron chi connectivity index (χ2n) is 4.00. The summed E-state index contributed by atoms with van der Waals surface area (Å²) >= 11 is 0. The number of pyridine rings is 1. The zero-order valence-electron chi connectivity index (χ0n) is 9.51. The van der Waals surface area contributed by atoms with Gasteiger partial charge in [0, 0.05) is 18.8 Å². The van der Waals surface area contributed by atoms with Gasteiger partial charge in [0.25, 0.3) is 0 Å². The van der Waals surface area contributed by atoms with Gasteiger partial charge in [-0.15, -0.1) is 5.10 Å². The van der Waals surface area contributed by atoms with Gasteiger partial charge in [0.05, 0.1) is 0 Å². The molecule has 0 saturated heterocycles. The molecule has 0 saturated carbocycles. The van der Waals surface area contributed by atoms with Crippen molar-refractivity contribution < 1.29 is 5.11 Å².